The topological polar surface area (TPSA) is 47.6 Å². The van der Waals surface area contributed by atoms with Gasteiger partial charge in [0.15, 0.2) is 6.10 Å². The average Bonchev–Trinajstić information content (AvgIpc) is 2.55. The molecule has 23 heavy (non-hydrogen) atoms. The number of nitrogens with one attached hydrogen (secondary N) is 1. The fourth-order valence-corrected chi connectivity index (χ4v) is 2.71. The van der Waals surface area contributed by atoms with E-state index in [9.17, 15) is 4.79 Å². The molecule has 122 valence electrons. The molecule has 0 saturated carbocycles. The van der Waals surface area contributed by atoms with E-state index in [1.165, 1.54) is 0 Å². The Morgan fingerprint density at radius 1 is 1.22 bits per heavy atom. The number of methoxy groups -OCH3 is 1. The SMILES string of the molecule is COc1ccccc1CNC(=O)C(C)Oc1ccc(C)cc1Br. The van der Waals surface area contributed by atoms with Crippen LogP contribution in [0.4, 0.5) is 0 Å². The molecule has 1 amide bonds. The second-order valence-corrected chi connectivity index (χ2v) is 6.08. The van der Waals surface area contributed by atoms with E-state index in [2.05, 4.69) is 21.2 Å². The zero-order valence-electron chi connectivity index (χ0n) is 13.4. The standard InChI is InChI=1S/C18H20BrNO3/c1-12-8-9-17(15(19)10-12)23-13(2)18(21)20-11-14-6-4-5-7-16(14)22-3/h4-10,13H,11H2,1-3H3,(H,20,21). The normalized spacial score (nSPS) is 11.7. The zero-order valence-corrected chi connectivity index (χ0v) is 15.0. The van der Waals surface area contributed by atoms with Crippen LogP contribution in [0.5, 0.6) is 11.5 Å². The molecule has 1 atom stereocenters. The monoisotopic (exact) mass is 377 g/mol. The van der Waals surface area contributed by atoms with Gasteiger partial charge in [-0.25, -0.2) is 0 Å². The predicted molar refractivity (Wildman–Crippen MR) is 93.8 cm³/mol. The maximum atomic E-state index is 12.2. The minimum Gasteiger partial charge on any atom is -0.496 e. The Morgan fingerprint density at radius 2 is 1.96 bits per heavy atom. The summed E-state index contributed by atoms with van der Waals surface area (Å²) in [6.45, 7) is 4.12. The van der Waals surface area contributed by atoms with Gasteiger partial charge in [-0.2, -0.15) is 0 Å². The van der Waals surface area contributed by atoms with Crippen LogP contribution in [0.25, 0.3) is 0 Å². The van der Waals surface area contributed by atoms with Gasteiger partial charge in [0.05, 0.1) is 11.6 Å². The van der Waals surface area contributed by atoms with E-state index >= 15 is 0 Å². The molecule has 0 bridgehead atoms. The number of hydrogen-bond donors (Lipinski definition) is 1. The van der Waals surface area contributed by atoms with Crippen LogP contribution in [0, 0.1) is 6.92 Å². The third kappa shape index (κ3) is 4.73. The molecule has 0 aromatic heterocycles. The van der Waals surface area contributed by atoms with Gasteiger partial charge in [0.25, 0.3) is 5.91 Å². The van der Waals surface area contributed by atoms with Gasteiger partial charge in [0.2, 0.25) is 0 Å². The van der Waals surface area contributed by atoms with Gasteiger partial charge in [0.1, 0.15) is 11.5 Å². The second-order valence-electron chi connectivity index (χ2n) is 5.22. The summed E-state index contributed by atoms with van der Waals surface area (Å²) in [6.07, 6.45) is -0.594. The van der Waals surface area contributed by atoms with Crippen molar-refractivity contribution in [1.29, 1.82) is 0 Å². The summed E-state index contributed by atoms with van der Waals surface area (Å²) in [4.78, 5) is 12.2. The second kappa shape index (κ2) is 8.02. The van der Waals surface area contributed by atoms with E-state index in [1.54, 1.807) is 14.0 Å². The maximum Gasteiger partial charge on any atom is 0.261 e. The molecule has 1 N–H and O–H groups in total. The summed E-state index contributed by atoms with van der Waals surface area (Å²) >= 11 is 3.45. The van der Waals surface area contributed by atoms with Crippen molar-refractivity contribution >= 4 is 21.8 Å². The molecule has 0 heterocycles. The quantitative estimate of drug-likeness (QED) is 0.831. The molecular formula is C18H20BrNO3. The Bertz CT molecular complexity index is 688. The minimum absolute atomic E-state index is 0.177. The van der Waals surface area contributed by atoms with Crippen molar-refractivity contribution < 1.29 is 14.3 Å². The van der Waals surface area contributed by atoms with E-state index in [0.29, 0.717) is 12.3 Å². The number of hydrogen-bond acceptors (Lipinski definition) is 3. The van der Waals surface area contributed by atoms with Crippen molar-refractivity contribution in [2.45, 2.75) is 26.5 Å². The van der Waals surface area contributed by atoms with Crippen LogP contribution in [-0.2, 0) is 11.3 Å². The summed E-state index contributed by atoms with van der Waals surface area (Å²) in [6, 6.07) is 13.3. The first-order valence-corrected chi connectivity index (χ1v) is 8.13. The van der Waals surface area contributed by atoms with Gasteiger partial charge < -0.3 is 14.8 Å². The highest BCUT2D eigenvalue weighted by Gasteiger charge is 2.16. The van der Waals surface area contributed by atoms with Gasteiger partial charge in [-0.05, 0) is 53.5 Å². The van der Waals surface area contributed by atoms with E-state index in [0.717, 1.165) is 21.3 Å². The molecule has 0 saturated heterocycles. The number of para-hydroxylation sites is 1. The van der Waals surface area contributed by atoms with Crippen molar-refractivity contribution in [3.05, 3.63) is 58.1 Å². The van der Waals surface area contributed by atoms with Crippen molar-refractivity contribution in [3.63, 3.8) is 0 Å². The number of rotatable bonds is 6. The highest BCUT2D eigenvalue weighted by atomic mass is 79.9. The maximum absolute atomic E-state index is 12.2. The molecule has 4 nitrogen and oxygen atoms in total. The Balaban J connectivity index is 1.95. The van der Waals surface area contributed by atoms with Crippen LogP contribution >= 0.6 is 15.9 Å². The highest BCUT2D eigenvalue weighted by molar-refractivity contribution is 9.10. The predicted octanol–water partition coefficient (Wildman–Crippen LogP) is 3.85. The zero-order chi connectivity index (χ0) is 16.8. The van der Waals surface area contributed by atoms with Gasteiger partial charge in [-0.15, -0.1) is 0 Å². The Morgan fingerprint density at radius 3 is 2.65 bits per heavy atom. The Labute approximate surface area is 144 Å². The lowest BCUT2D eigenvalue weighted by Crippen LogP contribution is -2.36. The molecule has 1 unspecified atom stereocenters. The summed E-state index contributed by atoms with van der Waals surface area (Å²) in [7, 11) is 1.61. The molecule has 2 aromatic carbocycles. The van der Waals surface area contributed by atoms with E-state index < -0.39 is 6.10 Å². The van der Waals surface area contributed by atoms with Gasteiger partial charge in [-0.3, -0.25) is 4.79 Å². The molecule has 0 spiro atoms. The molecule has 0 aliphatic heterocycles. The number of ether oxygens (including phenoxy) is 2. The van der Waals surface area contributed by atoms with Crippen LogP contribution in [0.15, 0.2) is 46.9 Å². The van der Waals surface area contributed by atoms with Crippen LogP contribution in [0.3, 0.4) is 0 Å². The molecule has 5 heteroatoms. The first-order valence-electron chi connectivity index (χ1n) is 7.33. The van der Waals surface area contributed by atoms with Crippen molar-refractivity contribution in [2.75, 3.05) is 7.11 Å². The Kier molecular flexibility index (Phi) is 6.04. The van der Waals surface area contributed by atoms with Crippen molar-refractivity contribution in [3.8, 4) is 11.5 Å². The summed E-state index contributed by atoms with van der Waals surface area (Å²) in [5.41, 5.74) is 2.05. The van der Waals surface area contributed by atoms with Gasteiger partial charge in [-0.1, -0.05) is 24.3 Å². The summed E-state index contributed by atoms with van der Waals surface area (Å²) in [5, 5.41) is 2.87. The molecule has 0 radical (unpaired) electrons. The van der Waals surface area contributed by atoms with E-state index in [1.807, 2.05) is 49.4 Å². The fraction of sp³-hybridized carbons (Fsp3) is 0.278. The number of aryl methyl sites for hydroxylation is 1. The number of carbonyl (C=O) groups is 1. The number of carbonyl (C=O) groups excluding carboxylic acids is 1. The number of benzene rings is 2. The lowest BCUT2D eigenvalue weighted by atomic mass is 10.2. The average molecular weight is 378 g/mol. The first kappa shape index (κ1) is 17.3. The van der Waals surface area contributed by atoms with Crippen LogP contribution in [-0.4, -0.2) is 19.1 Å². The smallest absolute Gasteiger partial charge is 0.261 e. The molecule has 0 aliphatic rings. The third-order valence-corrected chi connectivity index (χ3v) is 4.03. The number of amides is 1. The first-order chi connectivity index (χ1) is 11.0. The molecule has 0 fully saturated rings. The minimum atomic E-state index is -0.594. The van der Waals surface area contributed by atoms with Gasteiger partial charge in [0, 0.05) is 12.1 Å². The van der Waals surface area contributed by atoms with Crippen LogP contribution < -0.4 is 14.8 Å². The molecule has 2 aromatic rings. The molecule has 2 rings (SSSR count). The van der Waals surface area contributed by atoms with Gasteiger partial charge >= 0.3 is 0 Å². The lowest BCUT2D eigenvalue weighted by molar-refractivity contribution is -0.127. The highest BCUT2D eigenvalue weighted by Crippen LogP contribution is 2.26. The summed E-state index contributed by atoms with van der Waals surface area (Å²) in [5.74, 6) is 1.22. The number of halogens is 1. The lowest BCUT2D eigenvalue weighted by Gasteiger charge is -2.16. The molecular weight excluding hydrogens is 358 g/mol. The van der Waals surface area contributed by atoms with Crippen molar-refractivity contribution in [2.24, 2.45) is 0 Å². The largest absolute Gasteiger partial charge is 0.496 e. The van der Waals surface area contributed by atoms with Crippen molar-refractivity contribution in [1.82, 2.24) is 5.32 Å². The summed E-state index contributed by atoms with van der Waals surface area (Å²) < 4.78 is 11.8. The van der Waals surface area contributed by atoms with Crippen LogP contribution in [0.2, 0.25) is 0 Å². The fourth-order valence-electron chi connectivity index (χ4n) is 2.12. The Hall–Kier alpha value is -2.01. The van der Waals surface area contributed by atoms with E-state index in [-0.39, 0.29) is 5.91 Å². The third-order valence-electron chi connectivity index (χ3n) is 3.41. The molecule has 0 aliphatic carbocycles. The van der Waals surface area contributed by atoms with Crippen LogP contribution in [0.1, 0.15) is 18.1 Å². The van der Waals surface area contributed by atoms with E-state index in [4.69, 9.17) is 9.47 Å².